The first kappa shape index (κ1) is 13.3. The van der Waals surface area contributed by atoms with Gasteiger partial charge < -0.3 is 4.74 Å². The van der Waals surface area contributed by atoms with Gasteiger partial charge in [-0.05, 0) is 17.9 Å². The molecule has 0 aromatic heterocycles. The monoisotopic (exact) mass is 244 g/mol. The van der Waals surface area contributed by atoms with Gasteiger partial charge in [-0.3, -0.25) is 0 Å². The zero-order valence-corrected chi connectivity index (χ0v) is 10.9. The molecule has 1 nitrogen and oxygen atoms in total. The van der Waals surface area contributed by atoms with E-state index in [1.54, 1.807) is 12.1 Å². The second kappa shape index (κ2) is 5.53. The zero-order valence-electron chi connectivity index (χ0n) is 10.1. The van der Waals surface area contributed by atoms with Crippen molar-refractivity contribution in [3.63, 3.8) is 0 Å². The summed E-state index contributed by atoms with van der Waals surface area (Å²) in [4.78, 5) is 0. The Bertz CT molecular complexity index is 352. The largest absolute Gasteiger partial charge is 0.497 e. The first-order chi connectivity index (χ1) is 7.47. The third-order valence-corrected chi connectivity index (χ3v) is 3.65. The van der Waals surface area contributed by atoms with Gasteiger partial charge in [0.1, 0.15) is 11.6 Å². The summed E-state index contributed by atoms with van der Waals surface area (Å²) in [5, 5.41) is -0.300. The lowest BCUT2D eigenvalue weighted by molar-refractivity contribution is 0.394. The smallest absolute Gasteiger partial charge is 0.131 e. The lowest BCUT2D eigenvalue weighted by Crippen LogP contribution is -2.12. The van der Waals surface area contributed by atoms with Crippen molar-refractivity contribution in [1.29, 1.82) is 0 Å². The number of halogens is 2. The molecule has 0 amide bonds. The van der Waals surface area contributed by atoms with E-state index in [0.29, 0.717) is 17.2 Å². The molecule has 3 heteroatoms. The maximum Gasteiger partial charge on any atom is 0.131 e. The molecule has 1 rings (SSSR count). The summed E-state index contributed by atoms with van der Waals surface area (Å²) in [5.41, 5.74) is 0.545. The maximum atomic E-state index is 13.7. The summed E-state index contributed by atoms with van der Waals surface area (Å²) in [6.07, 6.45) is 0. The number of alkyl halides is 1. The Balaban J connectivity index is 2.96. The molecule has 0 saturated carbocycles. The molecule has 2 unspecified atom stereocenters. The van der Waals surface area contributed by atoms with E-state index in [0.717, 1.165) is 0 Å². The number of methoxy groups -OCH3 is 1. The van der Waals surface area contributed by atoms with Gasteiger partial charge in [0.2, 0.25) is 0 Å². The average molecular weight is 245 g/mol. The van der Waals surface area contributed by atoms with Crippen molar-refractivity contribution in [3.05, 3.63) is 29.6 Å². The van der Waals surface area contributed by atoms with E-state index >= 15 is 0 Å². The van der Waals surface area contributed by atoms with Crippen molar-refractivity contribution in [3.8, 4) is 5.75 Å². The molecule has 0 N–H and O–H groups in total. The molecule has 0 spiro atoms. The highest BCUT2D eigenvalue weighted by Crippen LogP contribution is 2.35. The first-order valence-corrected chi connectivity index (χ1v) is 5.88. The molecule has 2 atom stereocenters. The third kappa shape index (κ3) is 2.88. The minimum Gasteiger partial charge on any atom is -0.497 e. The van der Waals surface area contributed by atoms with Crippen LogP contribution in [0.2, 0.25) is 0 Å². The molecule has 0 aliphatic carbocycles. The summed E-state index contributed by atoms with van der Waals surface area (Å²) in [6.45, 7) is 6.20. The Labute approximate surface area is 102 Å². The maximum absolute atomic E-state index is 13.7. The van der Waals surface area contributed by atoms with Crippen molar-refractivity contribution in [2.75, 3.05) is 7.11 Å². The highest BCUT2D eigenvalue weighted by Gasteiger charge is 2.22. The number of hydrogen-bond acceptors (Lipinski definition) is 1. The molecule has 1 aromatic rings. The Morgan fingerprint density at radius 2 is 1.88 bits per heavy atom. The van der Waals surface area contributed by atoms with E-state index in [2.05, 4.69) is 13.8 Å². The number of rotatable bonds is 4. The van der Waals surface area contributed by atoms with E-state index < -0.39 is 0 Å². The highest BCUT2D eigenvalue weighted by atomic mass is 35.5. The topological polar surface area (TPSA) is 9.23 Å². The van der Waals surface area contributed by atoms with Crippen LogP contribution in [0.15, 0.2) is 18.2 Å². The lowest BCUT2D eigenvalue weighted by Gasteiger charge is -2.22. The van der Waals surface area contributed by atoms with Crippen LogP contribution in [0.5, 0.6) is 5.75 Å². The van der Waals surface area contributed by atoms with Crippen LogP contribution in [0.25, 0.3) is 0 Å². The molecule has 0 aliphatic rings. The molecule has 0 heterocycles. The van der Waals surface area contributed by atoms with E-state index in [9.17, 15) is 4.39 Å². The summed E-state index contributed by atoms with van der Waals surface area (Å²) >= 11 is 6.27. The van der Waals surface area contributed by atoms with Gasteiger partial charge in [-0.1, -0.05) is 26.8 Å². The zero-order chi connectivity index (χ0) is 12.3. The summed E-state index contributed by atoms with van der Waals surface area (Å²) in [5.74, 6) is 0.864. The molecule has 0 aliphatic heterocycles. The molecule has 90 valence electrons. The molecule has 0 fully saturated rings. The molecule has 1 aromatic carbocycles. The Morgan fingerprint density at radius 3 is 2.31 bits per heavy atom. The summed E-state index contributed by atoms with van der Waals surface area (Å²) < 4.78 is 18.7. The number of hydrogen-bond donors (Lipinski definition) is 0. The summed E-state index contributed by atoms with van der Waals surface area (Å²) in [7, 11) is 1.52. The van der Waals surface area contributed by atoms with Crippen molar-refractivity contribution >= 4 is 11.6 Å². The Morgan fingerprint density at radius 1 is 1.25 bits per heavy atom. The van der Waals surface area contributed by atoms with Crippen LogP contribution in [0.1, 0.15) is 31.7 Å². The van der Waals surface area contributed by atoms with E-state index in [4.69, 9.17) is 16.3 Å². The average Bonchev–Trinajstić information content (AvgIpc) is 2.26. The SMILES string of the molecule is COc1ccc(C(Cl)C(C)C(C)C)c(F)c1. The van der Waals surface area contributed by atoms with Gasteiger partial charge >= 0.3 is 0 Å². The predicted octanol–water partition coefficient (Wildman–Crippen LogP) is 4.41. The molecular weight excluding hydrogens is 227 g/mol. The molecule has 16 heavy (non-hydrogen) atoms. The van der Waals surface area contributed by atoms with Crippen LogP contribution < -0.4 is 4.74 Å². The summed E-state index contributed by atoms with van der Waals surface area (Å²) in [6, 6.07) is 4.81. The molecule has 0 bridgehead atoms. The second-order valence-electron chi connectivity index (χ2n) is 4.39. The van der Waals surface area contributed by atoms with Gasteiger partial charge in [0, 0.05) is 11.6 Å². The molecular formula is C13H18ClFO. The standard InChI is InChI=1S/C13H18ClFO/c1-8(2)9(3)13(14)11-6-5-10(16-4)7-12(11)15/h5-9,13H,1-4H3. The second-order valence-corrected chi connectivity index (χ2v) is 4.86. The van der Waals surface area contributed by atoms with Crippen molar-refractivity contribution in [2.45, 2.75) is 26.1 Å². The van der Waals surface area contributed by atoms with Crippen LogP contribution in [0, 0.1) is 17.7 Å². The van der Waals surface area contributed by atoms with Crippen LogP contribution in [0.4, 0.5) is 4.39 Å². The highest BCUT2D eigenvalue weighted by molar-refractivity contribution is 6.21. The van der Waals surface area contributed by atoms with Gasteiger partial charge in [-0.15, -0.1) is 11.6 Å². The van der Waals surface area contributed by atoms with Crippen molar-refractivity contribution in [1.82, 2.24) is 0 Å². The van der Waals surface area contributed by atoms with E-state index in [-0.39, 0.29) is 17.1 Å². The van der Waals surface area contributed by atoms with Crippen LogP contribution in [-0.4, -0.2) is 7.11 Å². The minimum atomic E-state index is -0.300. The van der Waals surface area contributed by atoms with Gasteiger partial charge in [-0.25, -0.2) is 4.39 Å². The van der Waals surface area contributed by atoms with Crippen molar-refractivity contribution in [2.24, 2.45) is 11.8 Å². The van der Waals surface area contributed by atoms with Crippen molar-refractivity contribution < 1.29 is 9.13 Å². The molecule has 0 radical (unpaired) electrons. The normalized spacial score (nSPS) is 14.9. The Kier molecular flexibility index (Phi) is 4.60. The quantitative estimate of drug-likeness (QED) is 0.713. The minimum absolute atomic E-state index is 0.226. The number of ether oxygens (including phenoxy) is 1. The third-order valence-electron chi connectivity index (χ3n) is 3.02. The van der Waals surface area contributed by atoms with Crippen LogP contribution in [0.3, 0.4) is 0 Å². The Hall–Kier alpha value is -0.760. The van der Waals surface area contributed by atoms with Crippen LogP contribution >= 0.6 is 11.6 Å². The fourth-order valence-corrected chi connectivity index (χ4v) is 1.95. The molecule has 0 saturated heterocycles. The lowest BCUT2D eigenvalue weighted by atomic mass is 9.90. The fourth-order valence-electron chi connectivity index (χ4n) is 1.48. The number of benzene rings is 1. The van der Waals surface area contributed by atoms with E-state index in [1.165, 1.54) is 13.2 Å². The van der Waals surface area contributed by atoms with Gasteiger partial charge in [0.25, 0.3) is 0 Å². The van der Waals surface area contributed by atoms with E-state index in [1.807, 2.05) is 6.92 Å². The van der Waals surface area contributed by atoms with Gasteiger partial charge in [0.15, 0.2) is 0 Å². The van der Waals surface area contributed by atoms with Crippen LogP contribution in [-0.2, 0) is 0 Å². The van der Waals surface area contributed by atoms with Gasteiger partial charge in [0.05, 0.1) is 12.5 Å². The predicted molar refractivity (Wildman–Crippen MR) is 65.5 cm³/mol. The van der Waals surface area contributed by atoms with Gasteiger partial charge in [-0.2, -0.15) is 0 Å². The fraction of sp³-hybridized carbons (Fsp3) is 0.538. The first-order valence-electron chi connectivity index (χ1n) is 5.44.